The maximum atomic E-state index is 12.6. The number of aryl methyl sites for hydroxylation is 1. The molecule has 0 aromatic heterocycles. The van der Waals surface area contributed by atoms with Gasteiger partial charge in [-0.3, -0.25) is 0 Å². The number of carbonyl (C=O) groups excluding carboxylic acids is 1. The van der Waals surface area contributed by atoms with Crippen LogP contribution < -0.4 is 10.4 Å². The van der Waals surface area contributed by atoms with E-state index in [0.717, 1.165) is 19.2 Å². The molecule has 2 N–H and O–H groups in total. The second-order valence-corrected chi connectivity index (χ2v) is 4.96. The molecule has 0 bridgehead atoms. The van der Waals surface area contributed by atoms with Crippen molar-refractivity contribution >= 4 is 5.97 Å². The predicted molar refractivity (Wildman–Crippen MR) is 71.8 cm³/mol. The molecule has 1 aromatic rings. The van der Waals surface area contributed by atoms with E-state index in [2.05, 4.69) is 19.2 Å². The molecule has 1 saturated heterocycles. The van der Waals surface area contributed by atoms with Gasteiger partial charge in [0.1, 0.15) is 31.1 Å². The van der Waals surface area contributed by atoms with Gasteiger partial charge < -0.3 is 20.0 Å². The van der Waals surface area contributed by atoms with Crippen LogP contribution in [-0.4, -0.2) is 31.3 Å². The van der Waals surface area contributed by atoms with Crippen molar-refractivity contribution in [2.45, 2.75) is 39.4 Å². The summed E-state index contributed by atoms with van der Waals surface area (Å²) in [7, 11) is 0. The Kier molecular flexibility index (Phi) is 6.61. The van der Waals surface area contributed by atoms with Crippen LogP contribution in [-0.2, 0) is 11.2 Å². The highest BCUT2D eigenvalue weighted by Gasteiger charge is 2.16. The highest BCUT2D eigenvalue weighted by Crippen LogP contribution is 2.10. The molecule has 1 aromatic carbocycles. The van der Waals surface area contributed by atoms with Crippen LogP contribution >= 0.6 is 0 Å². The fourth-order valence-electron chi connectivity index (χ4n) is 2.13. The smallest absolute Gasteiger partial charge is 0.123 e. The topological polar surface area (TPSA) is 66.0 Å². The number of carboxylic acid groups (broad SMARTS) is 1. The minimum Gasteiger partial charge on any atom is -0.545 e. The first-order valence-electron chi connectivity index (χ1n) is 6.91. The Morgan fingerprint density at radius 1 is 1.40 bits per heavy atom. The van der Waals surface area contributed by atoms with Crippen LogP contribution in [0.5, 0.6) is 0 Å². The first-order chi connectivity index (χ1) is 9.43. The van der Waals surface area contributed by atoms with E-state index in [0.29, 0.717) is 24.2 Å². The number of halogens is 1. The lowest BCUT2D eigenvalue weighted by Crippen LogP contribution is -2.90. The Labute approximate surface area is 119 Å². The van der Waals surface area contributed by atoms with Gasteiger partial charge in [0.15, 0.2) is 0 Å². The van der Waals surface area contributed by atoms with Gasteiger partial charge in [-0.1, -0.05) is 6.92 Å². The van der Waals surface area contributed by atoms with E-state index in [1.807, 2.05) is 0 Å². The van der Waals surface area contributed by atoms with E-state index in [-0.39, 0.29) is 5.56 Å². The second kappa shape index (κ2) is 7.97. The molecule has 4 nitrogen and oxygen atoms in total. The van der Waals surface area contributed by atoms with Crippen molar-refractivity contribution < 1.29 is 24.3 Å². The monoisotopic (exact) mass is 283 g/mol. The molecule has 1 fully saturated rings. The van der Waals surface area contributed by atoms with Crippen LogP contribution in [0.25, 0.3) is 0 Å². The zero-order chi connectivity index (χ0) is 15.1. The number of rotatable bonds is 2. The lowest BCUT2D eigenvalue weighted by atomic mass is 10.1. The summed E-state index contributed by atoms with van der Waals surface area (Å²) < 4.78 is 18.0. The zero-order valence-corrected chi connectivity index (χ0v) is 12.2. The third-order valence-corrected chi connectivity index (χ3v) is 3.13. The summed E-state index contributed by atoms with van der Waals surface area (Å²) in [6.45, 7) is 8.26. The fraction of sp³-hybridized carbons (Fsp3) is 0.533. The number of carbonyl (C=O) groups is 1. The number of aromatic carboxylic acids is 1. The van der Waals surface area contributed by atoms with Gasteiger partial charge in [0.25, 0.3) is 0 Å². The summed E-state index contributed by atoms with van der Waals surface area (Å²) in [4.78, 5) is 10.5. The normalized spacial score (nSPS) is 21.8. The highest BCUT2D eigenvalue weighted by molar-refractivity contribution is 5.87. The molecule has 2 unspecified atom stereocenters. The summed E-state index contributed by atoms with van der Waals surface area (Å²) in [5, 5.41) is 12.8. The maximum absolute atomic E-state index is 12.6. The van der Waals surface area contributed by atoms with Gasteiger partial charge in [0, 0.05) is 5.56 Å². The molecule has 112 valence electrons. The lowest BCUT2D eigenvalue weighted by molar-refractivity contribution is -0.683. The molecule has 0 radical (unpaired) electrons. The van der Waals surface area contributed by atoms with Crippen LogP contribution in [0.15, 0.2) is 18.2 Å². The number of carboxylic acids is 1. The van der Waals surface area contributed by atoms with Crippen molar-refractivity contribution in [2.75, 3.05) is 13.1 Å². The second-order valence-electron chi connectivity index (χ2n) is 4.96. The molecule has 1 heterocycles. The zero-order valence-electron chi connectivity index (χ0n) is 12.2. The van der Waals surface area contributed by atoms with Crippen LogP contribution in [0.1, 0.15) is 36.7 Å². The average molecular weight is 283 g/mol. The molecule has 1 aliphatic rings. The molecular weight excluding hydrogens is 261 g/mol. The number of quaternary nitrogens is 1. The van der Waals surface area contributed by atoms with Crippen molar-refractivity contribution in [2.24, 2.45) is 0 Å². The van der Waals surface area contributed by atoms with Gasteiger partial charge in [0.05, 0.1) is 5.97 Å². The summed E-state index contributed by atoms with van der Waals surface area (Å²) in [5.41, 5.74) is 0.536. The first-order valence-corrected chi connectivity index (χ1v) is 6.91. The van der Waals surface area contributed by atoms with Crippen LogP contribution in [0.3, 0.4) is 0 Å². The maximum Gasteiger partial charge on any atom is 0.123 e. The molecule has 2 atom stereocenters. The van der Waals surface area contributed by atoms with Crippen LogP contribution in [0.4, 0.5) is 4.39 Å². The minimum absolute atomic E-state index is 0.0684. The Balaban J connectivity index is 0.000000217. The van der Waals surface area contributed by atoms with E-state index < -0.39 is 11.8 Å². The number of ether oxygens (including phenoxy) is 1. The Hall–Kier alpha value is -1.46. The molecule has 20 heavy (non-hydrogen) atoms. The molecule has 0 aliphatic carbocycles. The molecule has 5 heteroatoms. The van der Waals surface area contributed by atoms with Crippen molar-refractivity contribution in [3.8, 4) is 0 Å². The van der Waals surface area contributed by atoms with E-state index in [1.165, 1.54) is 12.1 Å². The van der Waals surface area contributed by atoms with Crippen LogP contribution in [0, 0.1) is 5.82 Å². The lowest BCUT2D eigenvalue weighted by Gasteiger charge is -2.22. The summed E-state index contributed by atoms with van der Waals surface area (Å²) in [6.07, 6.45) is 1.40. The Morgan fingerprint density at radius 3 is 2.40 bits per heavy atom. The highest BCUT2D eigenvalue weighted by atomic mass is 19.1. The first kappa shape index (κ1) is 16.6. The number of nitrogens with two attached hydrogens (primary N) is 1. The molecule has 0 saturated carbocycles. The summed E-state index contributed by atoms with van der Waals surface area (Å²) >= 11 is 0. The van der Waals surface area contributed by atoms with E-state index in [9.17, 15) is 14.3 Å². The minimum atomic E-state index is -1.26. The summed E-state index contributed by atoms with van der Waals surface area (Å²) in [6, 6.07) is 3.55. The average Bonchev–Trinajstić information content (AvgIpc) is 2.38. The standard InChI is InChI=1S/C9H9FO2.C6H13NO/c1-2-6-5-7(10)3-4-8(6)9(11)12;1-5-3-7-4-6(2)8-5/h3-5H,2H2,1H3,(H,11,12);5-7H,3-4H2,1-2H3. The van der Waals surface area contributed by atoms with Crippen molar-refractivity contribution in [3.63, 3.8) is 0 Å². The number of morpholine rings is 1. The molecule has 2 rings (SSSR count). The Morgan fingerprint density at radius 2 is 2.00 bits per heavy atom. The van der Waals surface area contributed by atoms with Crippen LogP contribution in [0.2, 0.25) is 0 Å². The molecule has 0 amide bonds. The van der Waals surface area contributed by atoms with Crippen molar-refractivity contribution in [3.05, 3.63) is 35.1 Å². The molecule has 0 spiro atoms. The molecule has 1 aliphatic heterocycles. The van der Waals surface area contributed by atoms with Gasteiger partial charge in [-0.2, -0.15) is 0 Å². The van der Waals surface area contributed by atoms with Crippen molar-refractivity contribution in [1.29, 1.82) is 0 Å². The number of hydrogen-bond donors (Lipinski definition) is 1. The fourth-order valence-corrected chi connectivity index (χ4v) is 2.13. The van der Waals surface area contributed by atoms with E-state index >= 15 is 0 Å². The quantitative estimate of drug-likeness (QED) is 0.837. The van der Waals surface area contributed by atoms with E-state index in [4.69, 9.17) is 4.74 Å². The van der Waals surface area contributed by atoms with Gasteiger partial charge in [-0.25, -0.2) is 4.39 Å². The van der Waals surface area contributed by atoms with Gasteiger partial charge >= 0.3 is 0 Å². The predicted octanol–water partition coefficient (Wildman–Crippen LogP) is 0.109. The largest absolute Gasteiger partial charge is 0.545 e. The third kappa shape index (κ3) is 5.27. The van der Waals surface area contributed by atoms with Gasteiger partial charge in [-0.15, -0.1) is 0 Å². The SMILES string of the molecule is CC1C[NH2+]CC(C)O1.CCc1cc(F)ccc1C(=O)[O-]. The summed E-state index contributed by atoms with van der Waals surface area (Å²) in [5.74, 6) is -1.68. The van der Waals surface area contributed by atoms with Crippen molar-refractivity contribution in [1.82, 2.24) is 0 Å². The third-order valence-electron chi connectivity index (χ3n) is 3.13. The number of benzene rings is 1. The van der Waals surface area contributed by atoms with Gasteiger partial charge in [0.2, 0.25) is 0 Å². The van der Waals surface area contributed by atoms with E-state index in [1.54, 1.807) is 6.92 Å². The van der Waals surface area contributed by atoms with Gasteiger partial charge in [-0.05, 0) is 44.0 Å². The molecular formula is C15H22FNO3. The number of hydrogen-bond acceptors (Lipinski definition) is 3. The Bertz CT molecular complexity index is 443.